The van der Waals surface area contributed by atoms with E-state index in [0.717, 1.165) is 37.6 Å². The molecule has 1 saturated heterocycles. The van der Waals surface area contributed by atoms with Crippen molar-refractivity contribution in [1.29, 1.82) is 0 Å². The van der Waals surface area contributed by atoms with Gasteiger partial charge in [-0.2, -0.15) is 0 Å². The first-order valence-electron chi connectivity index (χ1n) is 5.45. The Morgan fingerprint density at radius 3 is 3.20 bits per heavy atom. The number of aryl methyl sites for hydroxylation is 1. The third-order valence-electron chi connectivity index (χ3n) is 2.91. The first kappa shape index (κ1) is 10.4. The summed E-state index contributed by atoms with van der Waals surface area (Å²) in [6.07, 6.45) is 3.86. The van der Waals surface area contributed by atoms with Crippen LogP contribution in [0.1, 0.15) is 18.7 Å². The highest BCUT2D eigenvalue weighted by Gasteiger charge is 2.22. The molecule has 1 aliphatic rings. The Balaban J connectivity index is 2.01. The molecule has 0 radical (unpaired) electrons. The number of rotatable bonds is 3. The molecule has 82 valence electrons. The van der Waals surface area contributed by atoms with Gasteiger partial charge in [0.25, 0.3) is 0 Å². The molecule has 1 fully saturated rings. The number of nitrogens with zero attached hydrogens (tertiary/aromatic N) is 3. The molecule has 4 heteroatoms. The number of hydrogen-bond acceptors (Lipinski definition) is 4. The van der Waals surface area contributed by atoms with Gasteiger partial charge in [-0.3, -0.25) is 0 Å². The summed E-state index contributed by atoms with van der Waals surface area (Å²) in [5.74, 6) is 2.45. The molecule has 0 saturated carbocycles. The lowest BCUT2D eigenvalue weighted by Gasteiger charge is -2.17. The van der Waals surface area contributed by atoms with Crippen molar-refractivity contribution in [2.45, 2.75) is 19.8 Å². The van der Waals surface area contributed by atoms with E-state index < -0.39 is 0 Å². The van der Waals surface area contributed by atoms with Crippen molar-refractivity contribution in [3.8, 4) is 0 Å². The largest absolute Gasteiger partial charge is 0.396 e. The van der Waals surface area contributed by atoms with E-state index in [1.807, 2.05) is 13.0 Å². The molecule has 1 unspecified atom stereocenters. The van der Waals surface area contributed by atoms with Gasteiger partial charge in [0.2, 0.25) is 0 Å². The molecule has 15 heavy (non-hydrogen) atoms. The minimum atomic E-state index is 0.293. The van der Waals surface area contributed by atoms with E-state index in [0.29, 0.717) is 12.5 Å². The molecule has 0 amide bonds. The summed E-state index contributed by atoms with van der Waals surface area (Å²) in [4.78, 5) is 10.8. The van der Waals surface area contributed by atoms with Gasteiger partial charge in [-0.15, -0.1) is 0 Å². The standard InChI is InChI=1S/C11H17N3O/c1-9-12-5-2-11(13-9)14-6-3-10(8-14)4-7-15/h2,5,10,15H,3-4,6-8H2,1H3. The van der Waals surface area contributed by atoms with E-state index in [-0.39, 0.29) is 0 Å². The van der Waals surface area contributed by atoms with Gasteiger partial charge in [-0.1, -0.05) is 0 Å². The number of aromatic nitrogens is 2. The van der Waals surface area contributed by atoms with Gasteiger partial charge in [0.15, 0.2) is 0 Å². The van der Waals surface area contributed by atoms with Crippen molar-refractivity contribution in [2.75, 3.05) is 24.6 Å². The highest BCUT2D eigenvalue weighted by molar-refractivity contribution is 5.38. The van der Waals surface area contributed by atoms with Gasteiger partial charge < -0.3 is 10.0 Å². The first-order valence-corrected chi connectivity index (χ1v) is 5.45. The van der Waals surface area contributed by atoms with Crippen molar-refractivity contribution < 1.29 is 5.11 Å². The third kappa shape index (κ3) is 2.45. The Morgan fingerprint density at radius 2 is 2.47 bits per heavy atom. The van der Waals surface area contributed by atoms with Gasteiger partial charge in [0, 0.05) is 25.9 Å². The maximum Gasteiger partial charge on any atom is 0.132 e. The lowest BCUT2D eigenvalue weighted by molar-refractivity contribution is 0.263. The monoisotopic (exact) mass is 207 g/mol. The van der Waals surface area contributed by atoms with Crippen molar-refractivity contribution in [1.82, 2.24) is 9.97 Å². The lowest BCUT2D eigenvalue weighted by Crippen LogP contribution is -2.21. The fourth-order valence-corrected chi connectivity index (χ4v) is 2.08. The van der Waals surface area contributed by atoms with Crippen molar-refractivity contribution in [3.63, 3.8) is 0 Å². The Kier molecular flexibility index (Phi) is 3.16. The fraction of sp³-hybridized carbons (Fsp3) is 0.636. The van der Waals surface area contributed by atoms with Crippen LogP contribution in [-0.4, -0.2) is 34.8 Å². The fourth-order valence-electron chi connectivity index (χ4n) is 2.08. The molecule has 1 aliphatic heterocycles. The van der Waals surface area contributed by atoms with E-state index in [9.17, 15) is 0 Å². The second-order valence-corrected chi connectivity index (χ2v) is 4.08. The molecule has 1 aromatic heterocycles. The minimum Gasteiger partial charge on any atom is -0.396 e. The normalized spacial score (nSPS) is 20.9. The highest BCUT2D eigenvalue weighted by atomic mass is 16.3. The summed E-state index contributed by atoms with van der Waals surface area (Å²) in [6.45, 7) is 4.25. The highest BCUT2D eigenvalue weighted by Crippen LogP contribution is 2.23. The molecule has 2 rings (SSSR count). The Labute approximate surface area is 90.0 Å². The van der Waals surface area contributed by atoms with Gasteiger partial charge in [0.05, 0.1) is 0 Å². The Morgan fingerprint density at radius 1 is 1.60 bits per heavy atom. The minimum absolute atomic E-state index is 0.293. The SMILES string of the molecule is Cc1nccc(N2CCC(CCO)C2)n1. The molecule has 2 heterocycles. The predicted molar refractivity (Wildman–Crippen MR) is 58.8 cm³/mol. The lowest BCUT2D eigenvalue weighted by atomic mass is 10.1. The van der Waals surface area contributed by atoms with E-state index in [1.165, 1.54) is 0 Å². The molecule has 0 aliphatic carbocycles. The second kappa shape index (κ2) is 4.57. The van der Waals surface area contributed by atoms with Gasteiger partial charge in [0.1, 0.15) is 11.6 Å². The predicted octanol–water partition coefficient (Wildman–Crippen LogP) is 0.994. The molecular formula is C11H17N3O. The average Bonchev–Trinajstić information content (AvgIpc) is 2.67. The smallest absolute Gasteiger partial charge is 0.132 e. The zero-order valence-corrected chi connectivity index (χ0v) is 9.06. The zero-order valence-electron chi connectivity index (χ0n) is 9.06. The quantitative estimate of drug-likeness (QED) is 0.803. The molecule has 1 N–H and O–H groups in total. The Bertz CT molecular complexity index is 329. The van der Waals surface area contributed by atoms with Gasteiger partial charge in [-0.25, -0.2) is 9.97 Å². The third-order valence-corrected chi connectivity index (χ3v) is 2.91. The first-order chi connectivity index (χ1) is 7.29. The summed E-state index contributed by atoms with van der Waals surface area (Å²) >= 11 is 0. The van der Waals surface area contributed by atoms with Crippen molar-refractivity contribution in [3.05, 3.63) is 18.1 Å². The number of anilines is 1. The topological polar surface area (TPSA) is 49.2 Å². The zero-order chi connectivity index (χ0) is 10.7. The Hall–Kier alpha value is -1.16. The number of aliphatic hydroxyl groups is 1. The molecule has 4 nitrogen and oxygen atoms in total. The molecular weight excluding hydrogens is 190 g/mol. The van der Waals surface area contributed by atoms with Crippen molar-refractivity contribution in [2.24, 2.45) is 5.92 Å². The van der Waals surface area contributed by atoms with E-state index in [2.05, 4.69) is 14.9 Å². The maximum absolute atomic E-state index is 8.88. The summed E-state index contributed by atoms with van der Waals surface area (Å²) < 4.78 is 0. The molecule has 1 aromatic rings. The number of hydrogen-bond donors (Lipinski definition) is 1. The second-order valence-electron chi connectivity index (χ2n) is 4.08. The average molecular weight is 207 g/mol. The molecule has 0 spiro atoms. The summed E-state index contributed by atoms with van der Waals surface area (Å²) in [7, 11) is 0. The maximum atomic E-state index is 8.88. The molecule has 0 bridgehead atoms. The van der Waals surface area contributed by atoms with Crippen LogP contribution in [0.5, 0.6) is 0 Å². The summed E-state index contributed by atoms with van der Waals surface area (Å²) in [5, 5.41) is 8.88. The van der Waals surface area contributed by atoms with Crippen LogP contribution in [-0.2, 0) is 0 Å². The van der Waals surface area contributed by atoms with Gasteiger partial charge >= 0.3 is 0 Å². The van der Waals surface area contributed by atoms with Crippen LogP contribution in [0.4, 0.5) is 5.82 Å². The van der Waals surface area contributed by atoms with Crippen LogP contribution in [0, 0.1) is 12.8 Å². The van der Waals surface area contributed by atoms with Crippen LogP contribution in [0.15, 0.2) is 12.3 Å². The van der Waals surface area contributed by atoms with Crippen LogP contribution in [0.25, 0.3) is 0 Å². The van der Waals surface area contributed by atoms with Crippen LogP contribution in [0.3, 0.4) is 0 Å². The molecule has 1 atom stereocenters. The van der Waals surface area contributed by atoms with Crippen LogP contribution >= 0.6 is 0 Å². The number of aliphatic hydroxyl groups excluding tert-OH is 1. The van der Waals surface area contributed by atoms with E-state index >= 15 is 0 Å². The van der Waals surface area contributed by atoms with E-state index in [4.69, 9.17) is 5.11 Å². The summed E-state index contributed by atoms with van der Waals surface area (Å²) in [6, 6.07) is 1.95. The van der Waals surface area contributed by atoms with Gasteiger partial charge in [-0.05, 0) is 31.7 Å². The van der Waals surface area contributed by atoms with Crippen molar-refractivity contribution >= 4 is 5.82 Å². The van der Waals surface area contributed by atoms with Crippen LogP contribution in [0.2, 0.25) is 0 Å². The molecule has 0 aromatic carbocycles. The van der Waals surface area contributed by atoms with E-state index in [1.54, 1.807) is 6.20 Å². The summed E-state index contributed by atoms with van der Waals surface area (Å²) in [5.41, 5.74) is 0. The van der Waals surface area contributed by atoms with Crippen LogP contribution < -0.4 is 4.90 Å².